The number of aromatic nitrogens is 2. The van der Waals surface area contributed by atoms with Gasteiger partial charge in [0.25, 0.3) is 0 Å². The van der Waals surface area contributed by atoms with E-state index < -0.39 is 6.04 Å². The van der Waals surface area contributed by atoms with Crippen LogP contribution in [0.5, 0.6) is 0 Å². The van der Waals surface area contributed by atoms with Gasteiger partial charge < -0.3 is 15.6 Å². The number of fused-ring (bicyclic) bond motifs is 1. The van der Waals surface area contributed by atoms with Gasteiger partial charge in [0.15, 0.2) is 0 Å². The van der Waals surface area contributed by atoms with E-state index in [-0.39, 0.29) is 24.7 Å². The lowest BCUT2D eigenvalue weighted by atomic mass is 9.98. The number of H-pyrrole nitrogens is 1. The quantitative estimate of drug-likeness (QED) is 0.583. The number of hydrogen-bond donors (Lipinski definition) is 3. The highest BCUT2D eigenvalue weighted by atomic mass is 19.1. The van der Waals surface area contributed by atoms with E-state index in [1.165, 1.54) is 0 Å². The van der Waals surface area contributed by atoms with Crippen molar-refractivity contribution >= 4 is 22.9 Å². The molecule has 1 amide bonds. The van der Waals surface area contributed by atoms with Crippen LogP contribution in [0.3, 0.4) is 0 Å². The average Bonchev–Trinajstić information content (AvgIpc) is 3.06. The van der Waals surface area contributed by atoms with Crippen molar-refractivity contribution < 1.29 is 9.18 Å². The molecule has 1 aromatic heterocycles. The molecule has 0 fully saturated rings. The van der Waals surface area contributed by atoms with Crippen LogP contribution in [0.4, 0.5) is 10.3 Å². The normalized spacial score (nSPS) is 11.8. The molecule has 138 valence electrons. The number of nitrogens with one attached hydrogen (secondary N) is 3. The number of halogens is 1. The van der Waals surface area contributed by atoms with Gasteiger partial charge in [-0.2, -0.15) is 5.26 Å². The summed E-state index contributed by atoms with van der Waals surface area (Å²) in [6.07, 6.45) is 0.0865. The molecule has 0 spiro atoms. The van der Waals surface area contributed by atoms with Crippen molar-refractivity contribution in [3.8, 4) is 6.07 Å². The molecular formula is C20H20FN5O. The van der Waals surface area contributed by atoms with Crippen molar-refractivity contribution in [2.45, 2.75) is 26.3 Å². The Bertz CT molecular complexity index is 965. The highest BCUT2D eigenvalue weighted by Gasteiger charge is 2.19. The maximum absolute atomic E-state index is 14.0. The number of aryl methyl sites for hydroxylation is 2. The standard InChI is InChI=1S/C20H20FN5O/c1-12-9-14(10-13(2)19(12)21)17(11-18(27)23-8-7-22)26-20-24-15-5-3-4-6-16(15)25-20/h3-6,9-10,17H,8,11H2,1-2H3,(H,23,27)(H2,24,25,26). The van der Waals surface area contributed by atoms with E-state index in [1.54, 1.807) is 26.0 Å². The molecule has 0 radical (unpaired) electrons. The van der Waals surface area contributed by atoms with Crippen molar-refractivity contribution in [3.05, 3.63) is 58.9 Å². The van der Waals surface area contributed by atoms with E-state index in [2.05, 4.69) is 20.6 Å². The number of nitrogens with zero attached hydrogens (tertiary/aromatic N) is 2. The molecule has 27 heavy (non-hydrogen) atoms. The summed E-state index contributed by atoms with van der Waals surface area (Å²) in [6.45, 7) is 3.33. The summed E-state index contributed by atoms with van der Waals surface area (Å²) in [5, 5.41) is 14.4. The fraction of sp³-hybridized carbons (Fsp3) is 0.250. The first-order valence-electron chi connectivity index (χ1n) is 8.59. The summed E-state index contributed by atoms with van der Waals surface area (Å²) in [6, 6.07) is 12.5. The van der Waals surface area contributed by atoms with Crippen molar-refractivity contribution in [2.24, 2.45) is 0 Å². The molecule has 0 bridgehead atoms. The molecule has 1 atom stereocenters. The van der Waals surface area contributed by atoms with Crippen LogP contribution in [0.1, 0.15) is 29.2 Å². The Morgan fingerprint density at radius 1 is 1.30 bits per heavy atom. The topological polar surface area (TPSA) is 93.6 Å². The van der Waals surface area contributed by atoms with Crippen molar-refractivity contribution in [1.29, 1.82) is 5.26 Å². The molecule has 3 aromatic rings. The number of benzene rings is 2. The fourth-order valence-corrected chi connectivity index (χ4v) is 3.01. The number of carbonyl (C=O) groups is 1. The number of amides is 1. The maximum atomic E-state index is 14.0. The number of nitriles is 1. The number of hydrogen-bond acceptors (Lipinski definition) is 4. The van der Waals surface area contributed by atoms with Crippen LogP contribution in [0.15, 0.2) is 36.4 Å². The molecule has 1 heterocycles. The van der Waals surface area contributed by atoms with E-state index in [4.69, 9.17) is 5.26 Å². The average molecular weight is 365 g/mol. The first-order valence-corrected chi connectivity index (χ1v) is 8.59. The zero-order valence-corrected chi connectivity index (χ0v) is 15.1. The predicted molar refractivity (Wildman–Crippen MR) is 102 cm³/mol. The molecule has 6 nitrogen and oxygen atoms in total. The van der Waals surface area contributed by atoms with Gasteiger partial charge in [0.05, 0.1) is 29.6 Å². The van der Waals surface area contributed by atoms with Gasteiger partial charge >= 0.3 is 0 Å². The molecule has 1 unspecified atom stereocenters. The first kappa shape index (κ1) is 18.4. The van der Waals surface area contributed by atoms with Crippen LogP contribution in [-0.4, -0.2) is 22.4 Å². The minimum Gasteiger partial charge on any atom is -0.348 e. The third-order valence-electron chi connectivity index (χ3n) is 4.32. The van der Waals surface area contributed by atoms with Crippen LogP contribution < -0.4 is 10.6 Å². The lowest BCUT2D eigenvalue weighted by Crippen LogP contribution is -2.27. The first-order chi connectivity index (χ1) is 13.0. The highest BCUT2D eigenvalue weighted by Crippen LogP contribution is 2.26. The predicted octanol–water partition coefficient (Wildman–Crippen LogP) is 3.50. The minimum atomic E-state index is -0.428. The number of rotatable bonds is 6. The smallest absolute Gasteiger partial charge is 0.223 e. The second-order valence-electron chi connectivity index (χ2n) is 6.41. The van der Waals surface area contributed by atoms with E-state index >= 15 is 0 Å². The molecule has 2 aromatic carbocycles. The molecule has 0 aliphatic heterocycles. The number of anilines is 1. The Morgan fingerprint density at radius 2 is 2.00 bits per heavy atom. The van der Waals surface area contributed by atoms with E-state index in [0.29, 0.717) is 17.1 Å². The summed E-state index contributed by atoms with van der Waals surface area (Å²) in [7, 11) is 0. The molecule has 3 N–H and O–H groups in total. The summed E-state index contributed by atoms with van der Waals surface area (Å²) in [5.41, 5.74) is 3.48. The van der Waals surface area contributed by atoms with E-state index in [1.807, 2.05) is 30.3 Å². The molecule has 3 rings (SSSR count). The lowest BCUT2D eigenvalue weighted by molar-refractivity contribution is -0.121. The SMILES string of the molecule is Cc1cc(C(CC(=O)NCC#N)Nc2nc3ccccc3[nH]2)cc(C)c1F. The Hall–Kier alpha value is -3.40. The van der Waals surface area contributed by atoms with Gasteiger partial charge in [0.1, 0.15) is 12.4 Å². The van der Waals surface area contributed by atoms with Crippen LogP contribution in [0.25, 0.3) is 11.0 Å². The van der Waals surface area contributed by atoms with Gasteiger partial charge in [-0.1, -0.05) is 24.3 Å². The Morgan fingerprint density at radius 3 is 2.67 bits per heavy atom. The van der Waals surface area contributed by atoms with Gasteiger partial charge in [-0.25, -0.2) is 9.37 Å². The lowest BCUT2D eigenvalue weighted by Gasteiger charge is -2.20. The zero-order chi connectivity index (χ0) is 19.4. The molecule has 0 aliphatic rings. The summed E-state index contributed by atoms with van der Waals surface area (Å²) < 4.78 is 14.0. The van der Waals surface area contributed by atoms with Crippen LogP contribution >= 0.6 is 0 Å². The van der Waals surface area contributed by atoms with Crippen molar-refractivity contribution in [1.82, 2.24) is 15.3 Å². The van der Waals surface area contributed by atoms with Gasteiger partial charge in [-0.05, 0) is 42.7 Å². The van der Waals surface area contributed by atoms with Crippen LogP contribution in [-0.2, 0) is 4.79 Å². The number of imidazole rings is 1. The third kappa shape index (κ3) is 4.23. The Balaban J connectivity index is 1.91. The number of para-hydroxylation sites is 2. The number of carbonyl (C=O) groups excluding carboxylic acids is 1. The van der Waals surface area contributed by atoms with E-state index in [0.717, 1.165) is 16.6 Å². The molecule has 7 heteroatoms. The van der Waals surface area contributed by atoms with Gasteiger partial charge in [-0.15, -0.1) is 0 Å². The molecule has 0 saturated carbocycles. The number of aromatic amines is 1. The second-order valence-corrected chi connectivity index (χ2v) is 6.41. The maximum Gasteiger partial charge on any atom is 0.223 e. The largest absolute Gasteiger partial charge is 0.348 e. The molecule has 0 saturated heterocycles. The Kier molecular flexibility index (Phi) is 5.36. The highest BCUT2D eigenvalue weighted by molar-refractivity contribution is 5.79. The minimum absolute atomic E-state index is 0.0579. The monoisotopic (exact) mass is 365 g/mol. The van der Waals surface area contributed by atoms with Crippen LogP contribution in [0, 0.1) is 31.0 Å². The van der Waals surface area contributed by atoms with Gasteiger partial charge in [-0.3, -0.25) is 4.79 Å². The summed E-state index contributed by atoms with van der Waals surface area (Å²) in [5.74, 6) is -0.00567. The zero-order valence-electron chi connectivity index (χ0n) is 15.1. The molecular weight excluding hydrogens is 345 g/mol. The van der Waals surface area contributed by atoms with Crippen molar-refractivity contribution in [3.63, 3.8) is 0 Å². The second kappa shape index (κ2) is 7.87. The summed E-state index contributed by atoms with van der Waals surface area (Å²) >= 11 is 0. The van der Waals surface area contributed by atoms with E-state index in [9.17, 15) is 9.18 Å². The Labute approximate surface area is 156 Å². The summed E-state index contributed by atoms with van der Waals surface area (Å²) in [4.78, 5) is 19.8. The van der Waals surface area contributed by atoms with Gasteiger partial charge in [0.2, 0.25) is 11.9 Å². The fourth-order valence-electron chi connectivity index (χ4n) is 3.01. The van der Waals surface area contributed by atoms with Crippen molar-refractivity contribution in [2.75, 3.05) is 11.9 Å². The third-order valence-corrected chi connectivity index (χ3v) is 4.32. The molecule has 0 aliphatic carbocycles. The van der Waals surface area contributed by atoms with Gasteiger partial charge in [0, 0.05) is 0 Å². The van der Waals surface area contributed by atoms with Crippen LogP contribution in [0.2, 0.25) is 0 Å².